The minimum Gasteiger partial charge on any atom is -0.307 e. The smallest absolute Gasteiger partial charge is 0.261 e. The number of amides is 1. The molecule has 1 heterocycles. The molecular formula is C16H11F2NO2. The summed E-state index contributed by atoms with van der Waals surface area (Å²) >= 11 is 0. The van der Waals surface area contributed by atoms with Crippen molar-refractivity contribution in [3.8, 4) is 0 Å². The number of hydrogen-bond donors (Lipinski definition) is 0. The summed E-state index contributed by atoms with van der Waals surface area (Å²) < 4.78 is 27.0. The van der Waals surface area contributed by atoms with Crippen molar-refractivity contribution >= 4 is 17.4 Å². The number of fused-ring (bicyclic) bond motifs is 1. The summed E-state index contributed by atoms with van der Waals surface area (Å²) in [6.07, 6.45) is 0.166. The van der Waals surface area contributed by atoms with Crippen LogP contribution in [0.1, 0.15) is 27.1 Å². The van der Waals surface area contributed by atoms with Crippen molar-refractivity contribution in [3.05, 3.63) is 65.2 Å². The Morgan fingerprint density at radius 3 is 2.62 bits per heavy atom. The molecule has 0 saturated carbocycles. The maximum Gasteiger partial charge on any atom is 0.261 e. The SMILES string of the molecule is O=C1CCN(C(=O)c2cccc(F)c2F)c2ccccc21. The fourth-order valence-electron chi connectivity index (χ4n) is 2.44. The molecule has 1 aliphatic heterocycles. The second kappa shape index (κ2) is 5.09. The van der Waals surface area contributed by atoms with Gasteiger partial charge in [-0.25, -0.2) is 8.78 Å². The van der Waals surface area contributed by atoms with Gasteiger partial charge < -0.3 is 4.90 Å². The van der Waals surface area contributed by atoms with Crippen LogP contribution in [0, 0.1) is 11.6 Å². The van der Waals surface area contributed by atoms with E-state index in [9.17, 15) is 18.4 Å². The number of rotatable bonds is 1. The van der Waals surface area contributed by atoms with Crippen LogP contribution in [0.25, 0.3) is 0 Å². The van der Waals surface area contributed by atoms with Crippen molar-refractivity contribution in [1.82, 2.24) is 0 Å². The standard InChI is InChI=1S/C16H11F2NO2/c17-12-6-3-5-11(15(12)18)16(21)19-9-8-14(20)10-4-1-2-7-13(10)19/h1-7H,8-9H2. The van der Waals surface area contributed by atoms with Crippen LogP contribution in [0.5, 0.6) is 0 Å². The molecule has 3 rings (SSSR count). The summed E-state index contributed by atoms with van der Waals surface area (Å²) in [6.45, 7) is 0.157. The van der Waals surface area contributed by atoms with Crippen molar-refractivity contribution in [3.63, 3.8) is 0 Å². The molecule has 0 spiro atoms. The number of anilines is 1. The number of ketones is 1. The fraction of sp³-hybridized carbons (Fsp3) is 0.125. The molecule has 1 aliphatic rings. The van der Waals surface area contributed by atoms with E-state index >= 15 is 0 Å². The van der Waals surface area contributed by atoms with Gasteiger partial charge in [0.15, 0.2) is 17.4 Å². The average Bonchev–Trinajstić information content (AvgIpc) is 2.50. The van der Waals surface area contributed by atoms with Gasteiger partial charge in [-0.2, -0.15) is 0 Å². The van der Waals surface area contributed by atoms with Gasteiger partial charge in [0, 0.05) is 18.5 Å². The van der Waals surface area contributed by atoms with E-state index < -0.39 is 17.5 Å². The topological polar surface area (TPSA) is 37.4 Å². The normalized spacial score (nSPS) is 14.0. The van der Waals surface area contributed by atoms with Gasteiger partial charge in [0.25, 0.3) is 5.91 Å². The third-order valence-corrected chi connectivity index (χ3v) is 3.48. The lowest BCUT2D eigenvalue weighted by atomic mass is 9.99. The van der Waals surface area contributed by atoms with Gasteiger partial charge in [-0.15, -0.1) is 0 Å². The Morgan fingerprint density at radius 2 is 1.81 bits per heavy atom. The molecule has 0 bridgehead atoms. The maximum absolute atomic E-state index is 13.8. The minimum atomic E-state index is -1.17. The molecule has 1 amide bonds. The Hall–Kier alpha value is -2.56. The van der Waals surface area contributed by atoms with Gasteiger partial charge in [-0.1, -0.05) is 18.2 Å². The molecule has 0 unspecified atom stereocenters. The quantitative estimate of drug-likeness (QED) is 0.807. The molecule has 21 heavy (non-hydrogen) atoms. The highest BCUT2D eigenvalue weighted by Crippen LogP contribution is 2.28. The zero-order valence-electron chi connectivity index (χ0n) is 11.0. The Balaban J connectivity index is 2.05. The van der Waals surface area contributed by atoms with Crippen LogP contribution >= 0.6 is 0 Å². The number of Topliss-reactive ketones (excluding diaryl/α,β-unsaturated/α-hetero) is 1. The molecule has 0 N–H and O–H groups in total. The molecule has 106 valence electrons. The molecule has 3 nitrogen and oxygen atoms in total. The van der Waals surface area contributed by atoms with Gasteiger partial charge in [0.05, 0.1) is 11.3 Å². The van der Waals surface area contributed by atoms with E-state index in [-0.39, 0.29) is 24.3 Å². The largest absolute Gasteiger partial charge is 0.307 e. The lowest BCUT2D eigenvalue weighted by Crippen LogP contribution is -2.37. The summed E-state index contributed by atoms with van der Waals surface area (Å²) in [6, 6.07) is 10.1. The third kappa shape index (κ3) is 2.20. The van der Waals surface area contributed by atoms with Gasteiger partial charge in [-0.3, -0.25) is 9.59 Å². The van der Waals surface area contributed by atoms with Crippen LogP contribution in [-0.4, -0.2) is 18.2 Å². The minimum absolute atomic E-state index is 0.0608. The lowest BCUT2D eigenvalue weighted by Gasteiger charge is -2.28. The Labute approximate surface area is 119 Å². The highest BCUT2D eigenvalue weighted by Gasteiger charge is 2.29. The van der Waals surface area contributed by atoms with E-state index in [0.29, 0.717) is 11.3 Å². The Bertz CT molecular complexity index is 743. The van der Waals surface area contributed by atoms with Gasteiger partial charge in [-0.05, 0) is 24.3 Å². The van der Waals surface area contributed by atoms with Crippen LogP contribution < -0.4 is 4.90 Å². The number of para-hydroxylation sites is 1. The number of hydrogen-bond acceptors (Lipinski definition) is 2. The number of carbonyl (C=O) groups is 2. The first kappa shape index (κ1) is 13.4. The molecule has 2 aromatic carbocycles. The first-order valence-corrected chi connectivity index (χ1v) is 6.47. The molecule has 5 heteroatoms. The van der Waals surface area contributed by atoms with E-state index in [0.717, 1.165) is 6.07 Å². The Kier molecular flexibility index (Phi) is 3.25. The summed E-state index contributed by atoms with van der Waals surface area (Å²) in [7, 11) is 0. The summed E-state index contributed by atoms with van der Waals surface area (Å²) in [5.74, 6) is -2.94. The van der Waals surface area contributed by atoms with Gasteiger partial charge in [0.2, 0.25) is 0 Å². The average molecular weight is 287 g/mol. The van der Waals surface area contributed by atoms with Crippen LogP contribution in [0.3, 0.4) is 0 Å². The van der Waals surface area contributed by atoms with Crippen molar-refractivity contribution in [2.45, 2.75) is 6.42 Å². The molecule has 0 atom stereocenters. The molecule has 0 aromatic heterocycles. The Morgan fingerprint density at radius 1 is 1.05 bits per heavy atom. The second-order valence-electron chi connectivity index (χ2n) is 4.75. The van der Waals surface area contributed by atoms with E-state index in [4.69, 9.17) is 0 Å². The highest BCUT2D eigenvalue weighted by atomic mass is 19.2. The first-order valence-electron chi connectivity index (χ1n) is 6.47. The van der Waals surface area contributed by atoms with Crippen molar-refractivity contribution in [2.24, 2.45) is 0 Å². The van der Waals surface area contributed by atoms with Crippen molar-refractivity contribution < 1.29 is 18.4 Å². The van der Waals surface area contributed by atoms with E-state index in [1.807, 2.05) is 0 Å². The molecular weight excluding hydrogens is 276 g/mol. The molecule has 0 saturated heterocycles. The van der Waals surface area contributed by atoms with Gasteiger partial charge >= 0.3 is 0 Å². The third-order valence-electron chi connectivity index (χ3n) is 3.48. The highest BCUT2D eigenvalue weighted by molar-refractivity contribution is 6.13. The second-order valence-corrected chi connectivity index (χ2v) is 4.75. The van der Waals surface area contributed by atoms with E-state index in [1.54, 1.807) is 24.3 Å². The zero-order chi connectivity index (χ0) is 15.0. The summed E-state index contributed by atoms with van der Waals surface area (Å²) in [5.41, 5.74) is 0.524. The number of benzene rings is 2. The van der Waals surface area contributed by atoms with Crippen molar-refractivity contribution in [1.29, 1.82) is 0 Å². The number of carbonyl (C=O) groups excluding carboxylic acids is 2. The maximum atomic E-state index is 13.8. The van der Waals surface area contributed by atoms with E-state index in [2.05, 4.69) is 0 Å². The fourth-order valence-corrected chi connectivity index (χ4v) is 2.44. The zero-order valence-corrected chi connectivity index (χ0v) is 11.0. The lowest BCUT2D eigenvalue weighted by molar-refractivity contribution is 0.0953. The molecule has 0 fully saturated rings. The van der Waals surface area contributed by atoms with Crippen molar-refractivity contribution in [2.75, 3.05) is 11.4 Å². The predicted molar refractivity (Wildman–Crippen MR) is 73.4 cm³/mol. The van der Waals surface area contributed by atoms with Crippen LogP contribution in [0.4, 0.5) is 14.5 Å². The van der Waals surface area contributed by atoms with Crippen LogP contribution in [0.15, 0.2) is 42.5 Å². The molecule has 0 aliphatic carbocycles. The molecule has 0 radical (unpaired) electrons. The number of halogens is 2. The van der Waals surface area contributed by atoms with Crippen LogP contribution in [0.2, 0.25) is 0 Å². The summed E-state index contributed by atoms with van der Waals surface area (Å²) in [5, 5.41) is 0. The van der Waals surface area contributed by atoms with Gasteiger partial charge in [0.1, 0.15) is 0 Å². The van der Waals surface area contributed by atoms with Crippen LogP contribution in [-0.2, 0) is 0 Å². The molecule has 2 aromatic rings. The monoisotopic (exact) mass is 287 g/mol. The number of nitrogens with zero attached hydrogens (tertiary/aromatic N) is 1. The first-order chi connectivity index (χ1) is 10.1. The predicted octanol–water partition coefficient (Wildman–Crippen LogP) is 3.20. The van der Waals surface area contributed by atoms with E-state index in [1.165, 1.54) is 17.0 Å². The summed E-state index contributed by atoms with van der Waals surface area (Å²) in [4.78, 5) is 25.6.